The lowest BCUT2D eigenvalue weighted by Gasteiger charge is -2.36. The van der Waals surface area contributed by atoms with Gasteiger partial charge in [0.15, 0.2) is 0 Å². The molecular formula is C25H35N3O4. The molecule has 2 aromatic rings. The van der Waals surface area contributed by atoms with E-state index in [0.717, 1.165) is 45.1 Å². The highest BCUT2D eigenvalue weighted by molar-refractivity contribution is 5.88. The largest absolute Gasteiger partial charge is 0.491 e. The van der Waals surface area contributed by atoms with Crippen LogP contribution in [0.1, 0.15) is 19.4 Å². The molecular weight excluding hydrogens is 406 g/mol. The molecule has 7 nitrogen and oxygen atoms in total. The summed E-state index contributed by atoms with van der Waals surface area (Å²) in [5, 5.41) is 13.5. The van der Waals surface area contributed by atoms with Gasteiger partial charge in [-0.15, -0.1) is 0 Å². The number of carbonyl (C=O) groups is 1. The van der Waals surface area contributed by atoms with Crippen molar-refractivity contribution in [2.75, 3.05) is 51.3 Å². The molecule has 2 atom stereocenters. The minimum absolute atomic E-state index is 0.112. The van der Waals surface area contributed by atoms with Gasteiger partial charge in [0.1, 0.15) is 18.5 Å². The van der Waals surface area contributed by atoms with E-state index in [-0.39, 0.29) is 18.6 Å². The number of morpholine rings is 1. The second-order valence-electron chi connectivity index (χ2n) is 8.35. The Balaban J connectivity index is 1.55. The van der Waals surface area contributed by atoms with Crippen molar-refractivity contribution < 1.29 is 19.4 Å². The normalized spacial score (nSPS) is 16.5. The van der Waals surface area contributed by atoms with E-state index in [9.17, 15) is 9.90 Å². The van der Waals surface area contributed by atoms with Gasteiger partial charge >= 0.3 is 0 Å². The first-order valence-electron chi connectivity index (χ1n) is 11.3. The van der Waals surface area contributed by atoms with E-state index in [4.69, 9.17) is 9.47 Å². The molecule has 1 saturated heterocycles. The maximum atomic E-state index is 11.1. The van der Waals surface area contributed by atoms with E-state index in [0.29, 0.717) is 12.3 Å². The van der Waals surface area contributed by atoms with Crippen LogP contribution in [-0.2, 0) is 16.1 Å². The molecule has 2 aromatic carbocycles. The Morgan fingerprint density at radius 2 is 1.84 bits per heavy atom. The van der Waals surface area contributed by atoms with Gasteiger partial charge in [-0.1, -0.05) is 30.3 Å². The van der Waals surface area contributed by atoms with E-state index < -0.39 is 6.10 Å². The number of hydrogen-bond acceptors (Lipinski definition) is 6. The molecule has 0 radical (unpaired) electrons. The summed E-state index contributed by atoms with van der Waals surface area (Å²) in [5.74, 6) is 0.549. The fourth-order valence-corrected chi connectivity index (χ4v) is 3.84. The molecule has 32 heavy (non-hydrogen) atoms. The Hall–Kier alpha value is -2.45. The average molecular weight is 442 g/mol. The molecule has 0 bridgehead atoms. The number of carbonyl (C=O) groups excluding carboxylic acids is 1. The Morgan fingerprint density at radius 3 is 2.50 bits per heavy atom. The van der Waals surface area contributed by atoms with Crippen LogP contribution in [0.3, 0.4) is 0 Å². The third-order valence-corrected chi connectivity index (χ3v) is 5.54. The highest BCUT2D eigenvalue weighted by Crippen LogP contribution is 2.17. The highest BCUT2D eigenvalue weighted by Gasteiger charge is 2.22. The quantitative estimate of drug-likeness (QED) is 0.558. The molecule has 1 fully saturated rings. The number of nitrogens with zero attached hydrogens (tertiary/aromatic N) is 2. The second-order valence-corrected chi connectivity index (χ2v) is 8.35. The van der Waals surface area contributed by atoms with Gasteiger partial charge in [-0.2, -0.15) is 0 Å². The number of nitrogens with one attached hydrogen (secondary N) is 1. The Labute approximate surface area is 190 Å². The molecule has 174 valence electrons. The number of anilines is 1. The summed E-state index contributed by atoms with van der Waals surface area (Å²) in [6.07, 6.45) is -0.624. The van der Waals surface area contributed by atoms with Crippen molar-refractivity contribution in [2.45, 2.75) is 32.5 Å². The van der Waals surface area contributed by atoms with Gasteiger partial charge in [0, 0.05) is 51.4 Å². The fraction of sp³-hybridized carbons (Fsp3) is 0.480. The van der Waals surface area contributed by atoms with Crippen LogP contribution in [0.5, 0.6) is 5.75 Å². The van der Waals surface area contributed by atoms with E-state index >= 15 is 0 Å². The number of amides is 1. The number of hydrogen-bond donors (Lipinski definition) is 2. The van der Waals surface area contributed by atoms with E-state index in [1.807, 2.05) is 18.2 Å². The monoisotopic (exact) mass is 441 g/mol. The van der Waals surface area contributed by atoms with Crippen molar-refractivity contribution in [1.82, 2.24) is 9.80 Å². The molecule has 1 heterocycles. The summed E-state index contributed by atoms with van der Waals surface area (Å²) >= 11 is 0. The summed E-state index contributed by atoms with van der Waals surface area (Å²) in [6.45, 7) is 9.58. The Bertz CT molecular complexity index is 810. The number of aliphatic hydroxyl groups is 1. The zero-order valence-corrected chi connectivity index (χ0v) is 19.1. The lowest BCUT2D eigenvalue weighted by atomic mass is 10.1. The summed E-state index contributed by atoms with van der Waals surface area (Å²) < 4.78 is 11.3. The zero-order chi connectivity index (χ0) is 22.8. The van der Waals surface area contributed by atoms with Gasteiger partial charge < -0.3 is 19.9 Å². The molecule has 3 rings (SSSR count). The minimum atomic E-state index is -0.624. The van der Waals surface area contributed by atoms with Gasteiger partial charge in [-0.3, -0.25) is 14.6 Å². The van der Waals surface area contributed by atoms with Gasteiger partial charge in [0.25, 0.3) is 0 Å². The van der Waals surface area contributed by atoms with Crippen LogP contribution in [-0.4, -0.2) is 79.0 Å². The van der Waals surface area contributed by atoms with Gasteiger partial charge in [0.2, 0.25) is 5.91 Å². The molecule has 2 N–H and O–H groups in total. The SMILES string of the molecule is CC(=O)Nc1ccc(OCC(O)CN(Cc2ccccc2)C(C)CN2CCOCC2)cc1. The van der Waals surface area contributed by atoms with Crippen molar-refractivity contribution in [3.63, 3.8) is 0 Å². The first kappa shape index (κ1) is 24.2. The number of rotatable bonds is 11. The summed E-state index contributed by atoms with van der Waals surface area (Å²) in [7, 11) is 0. The van der Waals surface area contributed by atoms with Crippen LogP contribution in [0.2, 0.25) is 0 Å². The molecule has 7 heteroatoms. The number of aliphatic hydroxyl groups excluding tert-OH is 1. The van der Waals surface area contributed by atoms with Crippen molar-refractivity contribution in [3.8, 4) is 5.75 Å². The maximum absolute atomic E-state index is 11.1. The average Bonchev–Trinajstić information content (AvgIpc) is 2.79. The third kappa shape index (κ3) is 8.24. The first-order valence-corrected chi connectivity index (χ1v) is 11.3. The predicted molar refractivity (Wildman–Crippen MR) is 126 cm³/mol. The van der Waals surface area contributed by atoms with Crippen LogP contribution in [0, 0.1) is 0 Å². The van der Waals surface area contributed by atoms with Crippen molar-refractivity contribution in [1.29, 1.82) is 0 Å². The van der Waals surface area contributed by atoms with Gasteiger partial charge in [0.05, 0.1) is 13.2 Å². The van der Waals surface area contributed by atoms with Gasteiger partial charge in [-0.25, -0.2) is 0 Å². The molecule has 1 aliphatic heterocycles. The lowest BCUT2D eigenvalue weighted by molar-refractivity contribution is -0.114. The van der Waals surface area contributed by atoms with Crippen molar-refractivity contribution in [3.05, 3.63) is 60.2 Å². The summed E-state index contributed by atoms with van der Waals surface area (Å²) in [6, 6.07) is 17.8. The van der Waals surface area contributed by atoms with Crippen LogP contribution in [0.25, 0.3) is 0 Å². The molecule has 0 spiro atoms. The fourth-order valence-electron chi connectivity index (χ4n) is 3.84. The van der Waals surface area contributed by atoms with Crippen molar-refractivity contribution >= 4 is 11.6 Å². The number of ether oxygens (including phenoxy) is 2. The highest BCUT2D eigenvalue weighted by atomic mass is 16.5. The smallest absolute Gasteiger partial charge is 0.221 e. The summed E-state index contributed by atoms with van der Waals surface area (Å²) in [5.41, 5.74) is 1.94. The molecule has 2 unspecified atom stereocenters. The molecule has 0 saturated carbocycles. The predicted octanol–water partition coefficient (Wildman–Crippen LogP) is 2.61. The van der Waals surface area contributed by atoms with Crippen LogP contribution >= 0.6 is 0 Å². The van der Waals surface area contributed by atoms with E-state index in [1.54, 1.807) is 24.3 Å². The minimum Gasteiger partial charge on any atom is -0.491 e. The zero-order valence-electron chi connectivity index (χ0n) is 19.1. The Kier molecular flexibility index (Phi) is 9.49. The molecule has 1 amide bonds. The van der Waals surface area contributed by atoms with Crippen LogP contribution in [0.4, 0.5) is 5.69 Å². The standard InChI is InChI=1S/C25H35N3O4/c1-20(16-27-12-14-31-15-13-27)28(17-22-6-4-3-5-7-22)18-24(30)19-32-25-10-8-23(9-11-25)26-21(2)29/h3-11,20,24,30H,12-19H2,1-2H3,(H,26,29). The number of benzene rings is 2. The molecule has 1 aliphatic rings. The van der Waals surface area contributed by atoms with E-state index in [2.05, 4.69) is 34.2 Å². The maximum Gasteiger partial charge on any atom is 0.221 e. The molecule has 0 aromatic heterocycles. The van der Waals surface area contributed by atoms with Crippen LogP contribution < -0.4 is 10.1 Å². The van der Waals surface area contributed by atoms with Crippen molar-refractivity contribution in [2.24, 2.45) is 0 Å². The third-order valence-electron chi connectivity index (χ3n) is 5.54. The first-order chi connectivity index (χ1) is 15.5. The van der Waals surface area contributed by atoms with Crippen LogP contribution in [0.15, 0.2) is 54.6 Å². The Morgan fingerprint density at radius 1 is 1.16 bits per heavy atom. The van der Waals surface area contributed by atoms with E-state index in [1.165, 1.54) is 12.5 Å². The second kappa shape index (κ2) is 12.6. The topological polar surface area (TPSA) is 74.3 Å². The summed E-state index contributed by atoms with van der Waals surface area (Å²) in [4.78, 5) is 15.9. The van der Waals surface area contributed by atoms with Gasteiger partial charge in [-0.05, 0) is 36.8 Å². The lowest BCUT2D eigenvalue weighted by Crippen LogP contribution is -2.48. The molecule has 0 aliphatic carbocycles.